The molecule has 0 aliphatic heterocycles. The van der Waals surface area contributed by atoms with Gasteiger partial charge in [-0.25, -0.2) is 0 Å². The molecule has 0 rings (SSSR count). The summed E-state index contributed by atoms with van der Waals surface area (Å²) < 4.78 is 0. The number of aliphatic hydroxyl groups is 1. The molecule has 0 aliphatic rings. The van der Waals surface area contributed by atoms with E-state index in [9.17, 15) is 0 Å². The Morgan fingerprint density at radius 2 is 1.25 bits per heavy atom. The average Bonchev–Trinajstić information content (AvgIpc) is 1.25. The minimum Gasteiger partial charge on any atom is -0.409 e. The fourth-order valence-electron chi connectivity index (χ4n) is 0. The van der Waals surface area contributed by atoms with Gasteiger partial charge in [-0.3, -0.25) is 0 Å². The zero-order chi connectivity index (χ0) is 7.00. The minimum atomic E-state index is -1.56. The topological polar surface area (TPSA) is 20.2 Å². The maximum atomic E-state index is 8.91. The van der Waals surface area contributed by atoms with Gasteiger partial charge in [0, 0.05) is 0 Å². The van der Waals surface area contributed by atoms with E-state index in [4.69, 9.17) is 20.8 Å². The molecule has 0 fully saturated rings. The van der Waals surface area contributed by atoms with Crippen LogP contribution in [0.3, 0.4) is 0 Å². The van der Waals surface area contributed by atoms with E-state index in [0.717, 1.165) is 0 Å². The van der Waals surface area contributed by atoms with Gasteiger partial charge in [0.05, 0.1) is 15.7 Å². The largest absolute Gasteiger partial charge is 0.409 e. The first-order valence-electron chi connectivity index (χ1n) is 2.55. The second-order valence-electron chi connectivity index (χ2n) is 3.08. The number of hydrogen-bond acceptors (Lipinski definition) is 1. The van der Waals surface area contributed by atoms with Crippen LogP contribution >= 0.6 is 0 Å². The van der Waals surface area contributed by atoms with Crippen molar-refractivity contribution in [1.82, 2.24) is 0 Å². The maximum absolute atomic E-state index is 8.91. The third-order valence-electron chi connectivity index (χ3n) is 1.20. The highest BCUT2D eigenvalue weighted by atomic mass is 16.3. The van der Waals surface area contributed by atoms with Crippen molar-refractivity contribution in [2.45, 2.75) is 26.2 Å². The molecular formula is C5H10B2O. The second kappa shape index (κ2) is 1.80. The van der Waals surface area contributed by atoms with Crippen LogP contribution in [0.15, 0.2) is 0 Å². The van der Waals surface area contributed by atoms with Gasteiger partial charge >= 0.3 is 0 Å². The molecule has 4 radical (unpaired) electrons. The molecule has 0 aromatic carbocycles. The van der Waals surface area contributed by atoms with Crippen LogP contribution in [0.25, 0.3) is 0 Å². The Hall–Kier alpha value is 0.0899. The van der Waals surface area contributed by atoms with Crippen LogP contribution < -0.4 is 0 Å². The summed E-state index contributed by atoms with van der Waals surface area (Å²) in [6.07, 6.45) is 0. The quantitative estimate of drug-likeness (QED) is 0.433. The summed E-state index contributed by atoms with van der Waals surface area (Å²) in [5.41, 5.74) is -0.451. The van der Waals surface area contributed by atoms with Gasteiger partial charge in [0.1, 0.15) is 0 Å². The molecule has 42 valence electrons. The lowest BCUT2D eigenvalue weighted by Crippen LogP contribution is -2.43. The summed E-state index contributed by atoms with van der Waals surface area (Å²) in [6.45, 7) is 5.31. The minimum absolute atomic E-state index is 0.451. The summed E-state index contributed by atoms with van der Waals surface area (Å²) in [5.74, 6) is 0. The van der Waals surface area contributed by atoms with Crippen molar-refractivity contribution in [2.75, 3.05) is 0 Å². The number of rotatable bonds is 0. The van der Waals surface area contributed by atoms with E-state index in [2.05, 4.69) is 0 Å². The maximum Gasteiger partial charge on any atom is 0.0996 e. The van der Waals surface area contributed by atoms with Gasteiger partial charge in [-0.2, -0.15) is 0 Å². The Morgan fingerprint density at radius 1 is 1.12 bits per heavy atom. The molecule has 0 bridgehead atoms. The van der Waals surface area contributed by atoms with Crippen molar-refractivity contribution in [1.29, 1.82) is 0 Å². The van der Waals surface area contributed by atoms with Gasteiger partial charge < -0.3 is 5.11 Å². The molecule has 0 spiro atoms. The molecular weight excluding hydrogens is 97.7 g/mol. The molecule has 0 atom stereocenters. The lowest BCUT2D eigenvalue weighted by Gasteiger charge is -2.34. The van der Waals surface area contributed by atoms with Crippen LogP contribution in [0.2, 0.25) is 0 Å². The Balaban J connectivity index is 4.02. The lowest BCUT2D eigenvalue weighted by molar-refractivity contribution is 0.0946. The molecule has 0 unspecified atom stereocenters. The summed E-state index contributed by atoms with van der Waals surface area (Å²) in [5, 5.41) is 7.35. The van der Waals surface area contributed by atoms with Crippen molar-refractivity contribution in [3.8, 4) is 0 Å². The fraction of sp³-hybridized carbons (Fsp3) is 1.00. The van der Waals surface area contributed by atoms with E-state index in [-0.39, 0.29) is 0 Å². The van der Waals surface area contributed by atoms with E-state index >= 15 is 0 Å². The van der Waals surface area contributed by atoms with E-state index in [0.29, 0.717) is 0 Å². The van der Waals surface area contributed by atoms with E-state index in [1.165, 1.54) is 0 Å². The van der Waals surface area contributed by atoms with Crippen LogP contribution in [0.5, 0.6) is 0 Å². The Labute approximate surface area is 53.3 Å². The predicted molar refractivity (Wildman–Crippen MR) is 35.9 cm³/mol. The zero-order valence-electron chi connectivity index (χ0n) is 5.60. The van der Waals surface area contributed by atoms with Gasteiger partial charge in [-0.15, -0.1) is 0 Å². The molecule has 0 heterocycles. The molecule has 0 saturated heterocycles. The average molecular weight is 108 g/mol. The molecule has 0 saturated carbocycles. The van der Waals surface area contributed by atoms with Gasteiger partial charge in [0.25, 0.3) is 0 Å². The van der Waals surface area contributed by atoms with Crippen molar-refractivity contribution in [3.05, 3.63) is 0 Å². The Bertz CT molecular complexity index is 65.4. The molecule has 0 aromatic heterocycles. The van der Waals surface area contributed by atoms with Crippen molar-refractivity contribution >= 4 is 15.7 Å². The summed E-state index contributed by atoms with van der Waals surface area (Å²) in [4.78, 5) is 0. The number of hydrogen-bond donors (Lipinski definition) is 1. The first-order chi connectivity index (χ1) is 3.25. The lowest BCUT2D eigenvalue weighted by atomic mass is 9.52. The van der Waals surface area contributed by atoms with Crippen LogP contribution in [0.1, 0.15) is 20.8 Å². The fourth-order valence-corrected chi connectivity index (χ4v) is 0. The first kappa shape index (κ1) is 8.09. The highest BCUT2D eigenvalue weighted by molar-refractivity contribution is 6.39. The summed E-state index contributed by atoms with van der Waals surface area (Å²) >= 11 is 0. The van der Waals surface area contributed by atoms with Gasteiger partial charge in [-0.1, -0.05) is 20.8 Å². The smallest absolute Gasteiger partial charge is 0.0996 e. The monoisotopic (exact) mass is 108 g/mol. The van der Waals surface area contributed by atoms with Gasteiger partial charge in [0.15, 0.2) is 0 Å². The molecule has 3 heteroatoms. The van der Waals surface area contributed by atoms with Crippen LogP contribution in [-0.4, -0.2) is 26.2 Å². The van der Waals surface area contributed by atoms with E-state index in [1.807, 2.05) is 0 Å². The summed E-state index contributed by atoms with van der Waals surface area (Å²) in [6, 6.07) is 0. The Morgan fingerprint density at radius 3 is 1.25 bits per heavy atom. The van der Waals surface area contributed by atoms with Crippen LogP contribution in [0.4, 0.5) is 0 Å². The van der Waals surface area contributed by atoms with Gasteiger partial charge in [-0.05, 0) is 10.8 Å². The molecule has 8 heavy (non-hydrogen) atoms. The molecule has 0 amide bonds. The highest BCUT2D eigenvalue weighted by Gasteiger charge is 2.28. The molecule has 1 nitrogen and oxygen atoms in total. The molecule has 0 aromatic rings. The van der Waals surface area contributed by atoms with Crippen LogP contribution in [0, 0.1) is 5.41 Å². The third-order valence-corrected chi connectivity index (χ3v) is 1.20. The van der Waals surface area contributed by atoms with Gasteiger partial charge in [0.2, 0.25) is 0 Å². The van der Waals surface area contributed by atoms with E-state index < -0.39 is 10.8 Å². The highest BCUT2D eigenvalue weighted by Crippen LogP contribution is 2.23. The van der Waals surface area contributed by atoms with Crippen molar-refractivity contribution in [2.24, 2.45) is 5.41 Å². The molecule has 0 aliphatic carbocycles. The summed E-state index contributed by atoms with van der Waals surface area (Å²) in [7, 11) is 10.3. The zero-order valence-corrected chi connectivity index (χ0v) is 5.60. The predicted octanol–water partition coefficient (Wildman–Crippen LogP) is 0.0156. The second-order valence-corrected chi connectivity index (χ2v) is 3.08. The van der Waals surface area contributed by atoms with Crippen molar-refractivity contribution < 1.29 is 5.11 Å². The standard InChI is InChI=1S/C5H10B2O/c1-4(2,3)5(6,7)8/h8H,1-3H3. The van der Waals surface area contributed by atoms with E-state index in [1.54, 1.807) is 20.8 Å². The first-order valence-corrected chi connectivity index (χ1v) is 2.55. The molecule has 1 N–H and O–H groups in total. The Kier molecular flexibility index (Phi) is 1.82. The SMILES string of the molecule is [B]C([B])(O)C(C)(C)C. The van der Waals surface area contributed by atoms with Crippen molar-refractivity contribution in [3.63, 3.8) is 0 Å². The normalized spacial score (nSPS) is 14.0. The van der Waals surface area contributed by atoms with Crippen LogP contribution in [-0.2, 0) is 0 Å². The third kappa shape index (κ3) is 1.91.